The van der Waals surface area contributed by atoms with Gasteiger partial charge in [0, 0.05) is 36.2 Å². The van der Waals surface area contributed by atoms with Crippen molar-refractivity contribution in [3.05, 3.63) is 69.7 Å². The minimum atomic E-state index is -0.969. The van der Waals surface area contributed by atoms with Crippen LogP contribution in [0, 0.1) is 0 Å². The molecule has 0 spiro atoms. The summed E-state index contributed by atoms with van der Waals surface area (Å²) in [5.74, 6) is -1.11. The van der Waals surface area contributed by atoms with Crippen molar-refractivity contribution in [1.82, 2.24) is 9.80 Å². The number of hydrogen-bond donors (Lipinski definition) is 1. The van der Waals surface area contributed by atoms with Gasteiger partial charge >= 0.3 is 5.97 Å². The van der Waals surface area contributed by atoms with Gasteiger partial charge in [-0.3, -0.25) is 14.4 Å². The van der Waals surface area contributed by atoms with Crippen molar-refractivity contribution in [3.8, 4) is 0 Å². The van der Waals surface area contributed by atoms with Crippen LogP contribution in [0.2, 0.25) is 0 Å². The maximum absolute atomic E-state index is 12.8. The molecule has 1 saturated heterocycles. The van der Waals surface area contributed by atoms with Crippen molar-refractivity contribution < 1.29 is 19.5 Å². The average molecular weight is 445 g/mol. The number of benzene rings is 2. The summed E-state index contributed by atoms with van der Waals surface area (Å²) in [6.07, 6.45) is 0.149. The van der Waals surface area contributed by atoms with Crippen LogP contribution >= 0.6 is 15.9 Å². The molecule has 1 N–H and O–H groups in total. The van der Waals surface area contributed by atoms with E-state index in [2.05, 4.69) is 15.9 Å². The molecule has 6 nitrogen and oxygen atoms in total. The molecule has 3 rings (SSSR count). The van der Waals surface area contributed by atoms with Crippen LogP contribution in [0.3, 0.4) is 0 Å². The molecule has 0 aliphatic carbocycles. The van der Waals surface area contributed by atoms with Crippen LogP contribution in [0.1, 0.15) is 21.5 Å². The first kappa shape index (κ1) is 20.1. The number of rotatable bonds is 5. The van der Waals surface area contributed by atoms with Gasteiger partial charge in [0.15, 0.2) is 0 Å². The number of carbonyl (C=O) groups is 3. The van der Waals surface area contributed by atoms with E-state index in [9.17, 15) is 14.4 Å². The Morgan fingerprint density at radius 3 is 2.11 bits per heavy atom. The van der Waals surface area contributed by atoms with E-state index in [0.717, 1.165) is 10.0 Å². The van der Waals surface area contributed by atoms with Gasteiger partial charge < -0.3 is 14.9 Å². The molecule has 7 heteroatoms. The minimum absolute atomic E-state index is 0.0423. The highest BCUT2D eigenvalue weighted by atomic mass is 79.9. The molecule has 0 bridgehead atoms. The monoisotopic (exact) mass is 444 g/mol. The van der Waals surface area contributed by atoms with E-state index >= 15 is 0 Å². The van der Waals surface area contributed by atoms with Gasteiger partial charge in [-0.05, 0) is 29.3 Å². The quantitative estimate of drug-likeness (QED) is 0.768. The Morgan fingerprint density at radius 2 is 1.46 bits per heavy atom. The summed E-state index contributed by atoms with van der Waals surface area (Å²) in [7, 11) is 0. The van der Waals surface area contributed by atoms with Gasteiger partial charge in [-0.25, -0.2) is 0 Å². The highest BCUT2D eigenvalue weighted by Gasteiger charge is 2.26. The second kappa shape index (κ2) is 9.01. The normalized spacial score (nSPS) is 14.0. The maximum Gasteiger partial charge on any atom is 0.307 e. The Morgan fingerprint density at radius 1 is 0.857 bits per heavy atom. The highest BCUT2D eigenvalue weighted by molar-refractivity contribution is 9.10. The van der Waals surface area contributed by atoms with Crippen LogP contribution < -0.4 is 0 Å². The van der Waals surface area contributed by atoms with Gasteiger partial charge in [-0.15, -0.1) is 0 Å². The van der Waals surface area contributed by atoms with Crippen molar-refractivity contribution >= 4 is 33.7 Å². The zero-order valence-electron chi connectivity index (χ0n) is 15.3. The molecular weight excluding hydrogens is 424 g/mol. The molecule has 0 radical (unpaired) electrons. The van der Waals surface area contributed by atoms with Crippen LogP contribution in [0.15, 0.2) is 53.0 Å². The van der Waals surface area contributed by atoms with Gasteiger partial charge in [0.05, 0.1) is 12.8 Å². The molecule has 1 aliphatic heterocycles. The number of carboxylic acid groups (broad SMARTS) is 1. The lowest BCUT2D eigenvalue weighted by Crippen LogP contribution is -2.51. The number of carbonyl (C=O) groups excluding carboxylic acids is 2. The smallest absolute Gasteiger partial charge is 0.307 e. The Bertz CT molecular complexity index is 874. The third kappa shape index (κ3) is 4.98. The van der Waals surface area contributed by atoms with E-state index in [-0.39, 0.29) is 18.2 Å². The van der Waals surface area contributed by atoms with Gasteiger partial charge in [-0.2, -0.15) is 0 Å². The summed E-state index contributed by atoms with van der Waals surface area (Å²) >= 11 is 3.38. The fourth-order valence-electron chi connectivity index (χ4n) is 3.26. The first-order valence-corrected chi connectivity index (χ1v) is 9.84. The Hall–Kier alpha value is -2.67. The van der Waals surface area contributed by atoms with Gasteiger partial charge in [0.2, 0.25) is 5.91 Å². The molecule has 1 aliphatic rings. The van der Waals surface area contributed by atoms with Crippen molar-refractivity contribution in [1.29, 1.82) is 0 Å². The summed E-state index contributed by atoms with van der Waals surface area (Å²) in [5.41, 5.74) is 1.88. The van der Waals surface area contributed by atoms with Crippen LogP contribution in [0.5, 0.6) is 0 Å². The van der Waals surface area contributed by atoms with E-state index in [1.807, 2.05) is 24.3 Å². The van der Waals surface area contributed by atoms with Crippen LogP contribution in [-0.4, -0.2) is 58.9 Å². The number of carboxylic acids is 1. The SMILES string of the molecule is O=C(O)Cc1ccccc1C(=O)N1CCN(C(=O)Cc2ccc(Br)cc2)CC1. The minimum Gasteiger partial charge on any atom is -0.481 e. The Balaban J connectivity index is 1.59. The predicted octanol–water partition coefficient (Wildman–Crippen LogP) is 2.60. The summed E-state index contributed by atoms with van der Waals surface area (Å²) < 4.78 is 0.971. The molecule has 2 aromatic carbocycles. The second-order valence-corrected chi connectivity index (χ2v) is 7.62. The van der Waals surface area contributed by atoms with E-state index in [1.165, 1.54) is 0 Å². The average Bonchev–Trinajstić information content (AvgIpc) is 2.69. The standard InChI is InChI=1S/C21H21BrN2O4/c22-17-7-5-15(6-8-17)13-19(25)23-9-11-24(12-10-23)21(28)18-4-2-1-3-16(18)14-20(26)27/h1-8H,9-14H2,(H,26,27). The first-order valence-electron chi connectivity index (χ1n) is 9.05. The molecule has 1 fully saturated rings. The molecule has 28 heavy (non-hydrogen) atoms. The van der Waals surface area contributed by atoms with Gasteiger partial charge in [-0.1, -0.05) is 46.3 Å². The van der Waals surface area contributed by atoms with Crippen molar-refractivity contribution in [3.63, 3.8) is 0 Å². The topological polar surface area (TPSA) is 77.9 Å². The maximum atomic E-state index is 12.8. The largest absolute Gasteiger partial charge is 0.481 e. The first-order chi connectivity index (χ1) is 13.4. The number of hydrogen-bond acceptors (Lipinski definition) is 3. The predicted molar refractivity (Wildman–Crippen MR) is 108 cm³/mol. The molecule has 2 aromatic rings. The summed E-state index contributed by atoms with van der Waals surface area (Å²) in [4.78, 5) is 39.8. The van der Waals surface area contributed by atoms with Crippen molar-refractivity contribution in [2.45, 2.75) is 12.8 Å². The third-order valence-corrected chi connectivity index (χ3v) is 5.31. The zero-order valence-corrected chi connectivity index (χ0v) is 16.9. The number of piperazine rings is 1. The van der Waals surface area contributed by atoms with Crippen molar-refractivity contribution in [2.24, 2.45) is 0 Å². The fraction of sp³-hybridized carbons (Fsp3) is 0.286. The number of amides is 2. The highest BCUT2D eigenvalue weighted by Crippen LogP contribution is 2.16. The van der Waals surface area contributed by atoms with Crippen LogP contribution in [-0.2, 0) is 22.4 Å². The second-order valence-electron chi connectivity index (χ2n) is 6.70. The summed E-state index contributed by atoms with van der Waals surface area (Å²) in [5, 5.41) is 9.04. The molecule has 146 valence electrons. The molecule has 0 aromatic heterocycles. The van der Waals surface area contributed by atoms with E-state index in [1.54, 1.807) is 34.1 Å². The molecule has 0 unspecified atom stereocenters. The molecular formula is C21H21BrN2O4. The third-order valence-electron chi connectivity index (χ3n) is 4.78. The summed E-state index contributed by atoms with van der Waals surface area (Å²) in [6, 6.07) is 14.4. The van der Waals surface area contributed by atoms with Crippen molar-refractivity contribution in [2.75, 3.05) is 26.2 Å². The molecule has 1 heterocycles. The lowest BCUT2D eigenvalue weighted by molar-refractivity contribution is -0.136. The number of halogens is 1. The van der Waals surface area contributed by atoms with E-state index in [0.29, 0.717) is 43.7 Å². The zero-order chi connectivity index (χ0) is 20.1. The van der Waals surface area contributed by atoms with E-state index < -0.39 is 5.97 Å². The lowest BCUT2D eigenvalue weighted by atomic mass is 10.0. The van der Waals surface area contributed by atoms with Crippen LogP contribution in [0.25, 0.3) is 0 Å². The number of aliphatic carboxylic acids is 1. The summed E-state index contributed by atoms with van der Waals surface area (Å²) in [6.45, 7) is 1.82. The Kier molecular flexibility index (Phi) is 6.46. The molecule has 0 atom stereocenters. The molecule has 0 saturated carbocycles. The fourth-order valence-corrected chi connectivity index (χ4v) is 3.53. The number of nitrogens with zero attached hydrogens (tertiary/aromatic N) is 2. The van der Waals surface area contributed by atoms with Gasteiger partial charge in [0.1, 0.15) is 0 Å². The van der Waals surface area contributed by atoms with Gasteiger partial charge in [0.25, 0.3) is 5.91 Å². The van der Waals surface area contributed by atoms with E-state index in [4.69, 9.17) is 5.11 Å². The van der Waals surface area contributed by atoms with Crippen LogP contribution in [0.4, 0.5) is 0 Å². The molecule has 2 amide bonds. The lowest BCUT2D eigenvalue weighted by Gasteiger charge is -2.35. The Labute approximate surface area is 171 Å².